The molecule has 0 fully saturated rings. The van der Waals surface area contributed by atoms with Gasteiger partial charge in [0.1, 0.15) is 23.7 Å². The molecular weight excluding hydrogens is 336 g/mol. The maximum Gasteiger partial charge on any atom is 0.346 e. The predicted molar refractivity (Wildman–Crippen MR) is 82.8 cm³/mol. The van der Waals surface area contributed by atoms with Crippen molar-refractivity contribution in [3.05, 3.63) is 58.1 Å². The van der Waals surface area contributed by atoms with Crippen LogP contribution in [0.3, 0.4) is 0 Å². The molecule has 0 bridgehead atoms. The highest BCUT2D eigenvalue weighted by molar-refractivity contribution is 9.10. The molecule has 0 aliphatic carbocycles. The third-order valence-electron chi connectivity index (χ3n) is 2.92. The molecule has 21 heavy (non-hydrogen) atoms. The lowest BCUT2D eigenvalue weighted by molar-refractivity contribution is 0.0465. The van der Waals surface area contributed by atoms with Crippen molar-refractivity contribution in [2.45, 2.75) is 6.61 Å². The van der Waals surface area contributed by atoms with Gasteiger partial charge in [0, 0.05) is 4.47 Å². The van der Waals surface area contributed by atoms with Gasteiger partial charge in [-0.25, -0.2) is 4.79 Å². The van der Waals surface area contributed by atoms with E-state index in [1.165, 1.54) is 14.2 Å². The molecule has 0 aromatic heterocycles. The Balaban J connectivity index is 2.15. The molecule has 0 radical (unpaired) electrons. The first-order valence-corrected chi connectivity index (χ1v) is 7.07. The Morgan fingerprint density at radius 3 is 2.10 bits per heavy atom. The van der Waals surface area contributed by atoms with Crippen LogP contribution in [-0.2, 0) is 11.3 Å². The minimum absolute atomic E-state index is 0.188. The standard InChI is InChI=1S/C16H15BrO4/c1-19-13-4-3-5-14(20-2)15(13)16(18)21-10-11-6-8-12(17)9-7-11/h3-9H,10H2,1-2H3. The number of methoxy groups -OCH3 is 2. The summed E-state index contributed by atoms with van der Waals surface area (Å²) in [4.78, 5) is 12.3. The maximum atomic E-state index is 12.3. The summed E-state index contributed by atoms with van der Waals surface area (Å²) in [5.41, 5.74) is 1.19. The Hall–Kier alpha value is -2.01. The molecule has 2 rings (SSSR count). The largest absolute Gasteiger partial charge is 0.496 e. The van der Waals surface area contributed by atoms with Crippen LogP contribution in [-0.4, -0.2) is 20.2 Å². The van der Waals surface area contributed by atoms with E-state index in [1.54, 1.807) is 18.2 Å². The van der Waals surface area contributed by atoms with Crippen molar-refractivity contribution < 1.29 is 19.0 Å². The summed E-state index contributed by atoms with van der Waals surface area (Å²) < 4.78 is 16.7. The van der Waals surface area contributed by atoms with Gasteiger partial charge in [0.15, 0.2) is 0 Å². The van der Waals surface area contributed by atoms with E-state index in [4.69, 9.17) is 14.2 Å². The van der Waals surface area contributed by atoms with Gasteiger partial charge in [-0.2, -0.15) is 0 Å². The molecule has 0 unspecified atom stereocenters. The smallest absolute Gasteiger partial charge is 0.346 e. The monoisotopic (exact) mass is 350 g/mol. The van der Waals surface area contributed by atoms with Gasteiger partial charge in [-0.1, -0.05) is 34.1 Å². The van der Waals surface area contributed by atoms with Crippen LogP contribution >= 0.6 is 15.9 Å². The third kappa shape index (κ3) is 3.76. The number of ether oxygens (including phenoxy) is 3. The summed E-state index contributed by atoms with van der Waals surface area (Å²) in [7, 11) is 3.00. The Bertz CT molecular complexity index is 600. The van der Waals surface area contributed by atoms with E-state index >= 15 is 0 Å². The van der Waals surface area contributed by atoms with E-state index in [9.17, 15) is 4.79 Å². The van der Waals surface area contributed by atoms with E-state index in [0.717, 1.165) is 10.0 Å². The van der Waals surface area contributed by atoms with Gasteiger partial charge < -0.3 is 14.2 Å². The molecule has 0 N–H and O–H groups in total. The molecule has 2 aromatic rings. The van der Waals surface area contributed by atoms with Crippen molar-refractivity contribution in [2.24, 2.45) is 0 Å². The highest BCUT2D eigenvalue weighted by Crippen LogP contribution is 2.29. The average Bonchev–Trinajstić information content (AvgIpc) is 2.53. The summed E-state index contributed by atoms with van der Waals surface area (Å²) >= 11 is 3.36. The molecule has 0 aliphatic rings. The maximum absolute atomic E-state index is 12.3. The summed E-state index contributed by atoms with van der Waals surface area (Å²) in [5.74, 6) is 0.373. The molecule has 0 amide bonds. The summed E-state index contributed by atoms with van der Waals surface area (Å²) in [6, 6.07) is 12.7. The SMILES string of the molecule is COc1cccc(OC)c1C(=O)OCc1ccc(Br)cc1. The zero-order chi connectivity index (χ0) is 15.2. The lowest BCUT2D eigenvalue weighted by Gasteiger charge is -2.12. The second-order valence-electron chi connectivity index (χ2n) is 4.24. The molecule has 4 nitrogen and oxygen atoms in total. The number of carbonyl (C=O) groups is 1. The van der Waals surface area contributed by atoms with Crippen LogP contribution in [0.15, 0.2) is 46.9 Å². The number of benzene rings is 2. The van der Waals surface area contributed by atoms with Gasteiger partial charge in [-0.05, 0) is 29.8 Å². The summed E-state index contributed by atoms with van der Waals surface area (Å²) in [5, 5.41) is 0. The number of rotatable bonds is 5. The lowest BCUT2D eigenvalue weighted by Crippen LogP contribution is -2.09. The molecule has 2 aromatic carbocycles. The van der Waals surface area contributed by atoms with Crippen LogP contribution in [0.5, 0.6) is 11.5 Å². The van der Waals surface area contributed by atoms with Crippen LogP contribution in [0.25, 0.3) is 0 Å². The van der Waals surface area contributed by atoms with Gasteiger partial charge in [-0.3, -0.25) is 0 Å². The van der Waals surface area contributed by atoms with Gasteiger partial charge in [0.05, 0.1) is 14.2 Å². The fourth-order valence-corrected chi connectivity index (χ4v) is 2.12. The van der Waals surface area contributed by atoms with Crippen molar-refractivity contribution in [1.29, 1.82) is 0 Å². The highest BCUT2D eigenvalue weighted by Gasteiger charge is 2.19. The first-order chi connectivity index (χ1) is 10.2. The molecule has 5 heteroatoms. The van der Waals surface area contributed by atoms with Crippen LogP contribution in [0.4, 0.5) is 0 Å². The van der Waals surface area contributed by atoms with Crippen molar-refractivity contribution in [1.82, 2.24) is 0 Å². The van der Waals surface area contributed by atoms with E-state index in [2.05, 4.69) is 15.9 Å². The van der Waals surface area contributed by atoms with Gasteiger partial charge >= 0.3 is 5.97 Å². The second kappa shape index (κ2) is 7.13. The summed E-state index contributed by atoms with van der Waals surface area (Å²) in [6.07, 6.45) is 0. The minimum atomic E-state index is -0.479. The first-order valence-electron chi connectivity index (χ1n) is 6.28. The molecule has 0 spiro atoms. The second-order valence-corrected chi connectivity index (χ2v) is 5.16. The molecule has 0 atom stereocenters. The molecular formula is C16H15BrO4. The van der Waals surface area contributed by atoms with E-state index in [0.29, 0.717) is 17.1 Å². The van der Waals surface area contributed by atoms with E-state index in [-0.39, 0.29) is 6.61 Å². The number of hydrogen-bond donors (Lipinski definition) is 0. The van der Waals surface area contributed by atoms with E-state index in [1.807, 2.05) is 24.3 Å². The fourth-order valence-electron chi connectivity index (χ4n) is 1.85. The van der Waals surface area contributed by atoms with Gasteiger partial charge in [0.2, 0.25) is 0 Å². The Morgan fingerprint density at radius 1 is 1.00 bits per heavy atom. The van der Waals surface area contributed by atoms with Gasteiger partial charge in [0.25, 0.3) is 0 Å². The Labute approximate surface area is 131 Å². The van der Waals surface area contributed by atoms with Crippen molar-refractivity contribution in [2.75, 3.05) is 14.2 Å². The first kappa shape index (κ1) is 15.4. The lowest BCUT2D eigenvalue weighted by atomic mass is 10.1. The average molecular weight is 351 g/mol. The quantitative estimate of drug-likeness (QED) is 0.769. The third-order valence-corrected chi connectivity index (χ3v) is 3.44. The van der Waals surface area contributed by atoms with Crippen molar-refractivity contribution >= 4 is 21.9 Å². The Kier molecular flexibility index (Phi) is 5.22. The zero-order valence-corrected chi connectivity index (χ0v) is 13.3. The van der Waals surface area contributed by atoms with Crippen LogP contribution in [0.1, 0.15) is 15.9 Å². The molecule has 0 heterocycles. The van der Waals surface area contributed by atoms with Crippen LogP contribution < -0.4 is 9.47 Å². The normalized spacial score (nSPS) is 10.0. The van der Waals surface area contributed by atoms with Crippen molar-refractivity contribution in [3.63, 3.8) is 0 Å². The van der Waals surface area contributed by atoms with Crippen LogP contribution in [0, 0.1) is 0 Å². The molecule has 0 saturated carbocycles. The predicted octanol–water partition coefficient (Wildman–Crippen LogP) is 3.82. The topological polar surface area (TPSA) is 44.8 Å². The van der Waals surface area contributed by atoms with Gasteiger partial charge in [-0.15, -0.1) is 0 Å². The number of halogens is 1. The number of esters is 1. The Morgan fingerprint density at radius 2 is 1.57 bits per heavy atom. The highest BCUT2D eigenvalue weighted by atomic mass is 79.9. The number of hydrogen-bond acceptors (Lipinski definition) is 4. The number of carbonyl (C=O) groups excluding carboxylic acids is 1. The minimum Gasteiger partial charge on any atom is -0.496 e. The zero-order valence-electron chi connectivity index (χ0n) is 11.8. The summed E-state index contributed by atoms with van der Waals surface area (Å²) in [6.45, 7) is 0.188. The van der Waals surface area contributed by atoms with Crippen LogP contribution in [0.2, 0.25) is 0 Å². The van der Waals surface area contributed by atoms with Crippen molar-refractivity contribution in [3.8, 4) is 11.5 Å². The molecule has 0 aliphatic heterocycles. The molecule has 110 valence electrons. The van der Waals surface area contributed by atoms with E-state index < -0.39 is 5.97 Å². The molecule has 0 saturated heterocycles. The fraction of sp³-hybridized carbons (Fsp3) is 0.188.